The number of Topliss-reactive ketones (excluding diaryl/α,β-unsaturated/α-hetero) is 1. The van der Waals surface area contributed by atoms with Crippen LogP contribution in [0.25, 0.3) is 0 Å². The van der Waals surface area contributed by atoms with Crippen molar-refractivity contribution in [2.45, 2.75) is 25.3 Å². The van der Waals surface area contributed by atoms with Gasteiger partial charge in [0.2, 0.25) is 0 Å². The van der Waals surface area contributed by atoms with E-state index < -0.39 is 0 Å². The second-order valence-corrected chi connectivity index (χ2v) is 3.93. The predicted octanol–water partition coefficient (Wildman–Crippen LogP) is 0.170. The predicted molar refractivity (Wildman–Crippen MR) is 50.5 cm³/mol. The lowest BCUT2D eigenvalue weighted by atomic mass is 10.3. The van der Waals surface area contributed by atoms with Crippen LogP contribution >= 0.6 is 11.8 Å². The summed E-state index contributed by atoms with van der Waals surface area (Å²) in [6, 6.07) is -0.321. The van der Waals surface area contributed by atoms with Gasteiger partial charge in [0.25, 0.3) is 0 Å². The molecule has 0 spiro atoms. The molecule has 5 heteroatoms. The number of hydrogen-bond donors (Lipinski definition) is 1. The zero-order valence-corrected chi connectivity index (χ0v) is 8.52. The molecule has 0 aromatic rings. The second-order valence-electron chi connectivity index (χ2n) is 2.80. The number of nitrogens with one attached hydrogen (secondary N) is 1. The Bertz CT molecular complexity index is 219. The molecule has 0 aromatic heterocycles. The van der Waals surface area contributed by atoms with Crippen molar-refractivity contribution in [3.8, 4) is 0 Å². The molecule has 2 atom stereocenters. The molecule has 1 aliphatic heterocycles. The fourth-order valence-electron chi connectivity index (χ4n) is 1.09. The number of carbonyl (C=O) groups excluding carboxylic acids is 2. The van der Waals surface area contributed by atoms with Crippen molar-refractivity contribution >= 4 is 23.5 Å². The van der Waals surface area contributed by atoms with Crippen LogP contribution in [0.5, 0.6) is 0 Å². The minimum atomic E-state index is -0.321. The Morgan fingerprint density at radius 1 is 1.62 bits per heavy atom. The van der Waals surface area contributed by atoms with Crippen molar-refractivity contribution in [3.05, 3.63) is 0 Å². The van der Waals surface area contributed by atoms with Crippen LogP contribution in [0.1, 0.15) is 13.8 Å². The number of ketones is 1. The van der Waals surface area contributed by atoms with Gasteiger partial charge in [-0.2, -0.15) is 0 Å². The van der Waals surface area contributed by atoms with Gasteiger partial charge in [0, 0.05) is 5.75 Å². The van der Waals surface area contributed by atoms with Gasteiger partial charge in [0.05, 0.1) is 6.61 Å². The van der Waals surface area contributed by atoms with Crippen LogP contribution in [0.2, 0.25) is 0 Å². The highest BCUT2D eigenvalue weighted by Crippen LogP contribution is 2.19. The quantitative estimate of drug-likeness (QED) is 0.663. The Morgan fingerprint density at radius 3 is 2.77 bits per heavy atom. The monoisotopic (exact) mass is 203 g/mol. The minimum absolute atomic E-state index is 0.0526. The average Bonchev–Trinajstić information content (AvgIpc) is 2.52. The van der Waals surface area contributed by atoms with Gasteiger partial charge in [-0.1, -0.05) is 0 Å². The molecule has 0 saturated carbocycles. The lowest BCUT2D eigenvalue weighted by molar-refractivity contribution is -0.144. The molecule has 1 N–H and O–H groups in total. The first-order valence-corrected chi connectivity index (χ1v) is 5.24. The van der Waals surface area contributed by atoms with E-state index in [9.17, 15) is 9.59 Å². The van der Waals surface area contributed by atoms with Gasteiger partial charge in [-0.25, -0.2) is 0 Å². The molecule has 1 rings (SSSR count). The van der Waals surface area contributed by atoms with Gasteiger partial charge < -0.3 is 4.74 Å². The smallest absolute Gasteiger partial charge is 0.324 e. The first kappa shape index (κ1) is 10.5. The normalized spacial score (nSPS) is 27.2. The molecule has 0 aromatic carbocycles. The van der Waals surface area contributed by atoms with Crippen molar-refractivity contribution in [2.75, 3.05) is 12.4 Å². The maximum absolute atomic E-state index is 11.2. The summed E-state index contributed by atoms with van der Waals surface area (Å²) in [6.45, 7) is 3.66. The van der Waals surface area contributed by atoms with Crippen LogP contribution in [0.3, 0.4) is 0 Å². The minimum Gasteiger partial charge on any atom is -0.465 e. The van der Waals surface area contributed by atoms with Crippen LogP contribution in [0, 0.1) is 0 Å². The molecular formula is C8H13NO3S. The summed E-state index contributed by atoms with van der Waals surface area (Å²) in [6.07, 6.45) is 0. The van der Waals surface area contributed by atoms with Crippen LogP contribution in [0.4, 0.5) is 0 Å². The van der Waals surface area contributed by atoms with Gasteiger partial charge in [-0.3, -0.25) is 14.9 Å². The molecule has 1 heterocycles. The van der Waals surface area contributed by atoms with Crippen LogP contribution < -0.4 is 5.32 Å². The number of thioether (sulfide) groups is 1. The highest BCUT2D eigenvalue weighted by atomic mass is 32.2. The van der Waals surface area contributed by atoms with Crippen LogP contribution in [-0.4, -0.2) is 35.5 Å². The van der Waals surface area contributed by atoms with Crippen molar-refractivity contribution in [2.24, 2.45) is 0 Å². The highest BCUT2D eigenvalue weighted by Gasteiger charge is 2.32. The highest BCUT2D eigenvalue weighted by molar-refractivity contribution is 8.00. The lowest BCUT2D eigenvalue weighted by Gasteiger charge is -2.09. The van der Waals surface area contributed by atoms with Crippen molar-refractivity contribution < 1.29 is 14.3 Å². The Morgan fingerprint density at radius 2 is 2.31 bits per heavy atom. The van der Waals surface area contributed by atoms with Crippen molar-refractivity contribution in [3.63, 3.8) is 0 Å². The fourth-order valence-corrected chi connectivity index (χ4v) is 2.20. The van der Waals surface area contributed by atoms with Crippen LogP contribution in [-0.2, 0) is 14.3 Å². The lowest BCUT2D eigenvalue weighted by Crippen LogP contribution is -2.40. The largest absolute Gasteiger partial charge is 0.465 e. The Balaban J connectivity index is 2.40. The number of ether oxygens (including phenoxy) is 1. The topological polar surface area (TPSA) is 55.4 Å². The zero-order valence-electron chi connectivity index (χ0n) is 7.70. The third kappa shape index (κ3) is 2.70. The summed E-state index contributed by atoms with van der Waals surface area (Å²) >= 11 is 1.45. The van der Waals surface area contributed by atoms with Gasteiger partial charge in [-0.15, -0.1) is 11.8 Å². The molecule has 74 valence electrons. The van der Waals surface area contributed by atoms with Gasteiger partial charge in [-0.05, 0) is 13.8 Å². The summed E-state index contributed by atoms with van der Waals surface area (Å²) in [5.74, 6) is 0.402. The molecule has 1 fully saturated rings. The van der Waals surface area contributed by atoms with E-state index in [2.05, 4.69) is 5.32 Å². The molecule has 0 aliphatic carbocycles. The summed E-state index contributed by atoms with van der Waals surface area (Å²) in [4.78, 5) is 22.1. The Kier molecular flexibility index (Phi) is 3.74. The second kappa shape index (κ2) is 4.62. The molecule has 1 aliphatic rings. The van der Waals surface area contributed by atoms with Gasteiger partial charge in [0.15, 0.2) is 5.78 Å². The summed E-state index contributed by atoms with van der Waals surface area (Å²) in [5.41, 5.74) is 0. The standard InChI is InChI=1S/C8H13NO3S/c1-3-12-8(11)6-4-13-7(9-6)5(2)10/h6-7,9H,3-4H2,1-2H3. The maximum Gasteiger partial charge on any atom is 0.324 e. The van der Waals surface area contributed by atoms with E-state index in [1.807, 2.05) is 0 Å². The number of carbonyl (C=O) groups is 2. The van der Waals surface area contributed by atoms with E-state index in [-0.39, 0.29) is 23.2 Å². The number of esters is 1. The third-order valence-corrected chi connectivity index (χ3v) is 3.05. The molecule has 0 radical (unpaired) electrons. The summed E-state index contributed by atoms with van der Waals surface area (Å²) in [7, 11) is 0. The molecule has 0 bridgehead atoms. The van der Waals surface area contributed by atoms with E-state index in [0.29, 0.717) is 12.4 Å². The van der Waals surface area contributed by atoms with Crippen molar-refractivity contribution in [1.29, 1.82) is 0 Å². The first-order chi connectivity index (χ1) is 6.15. The first-order valence-electron chi connectivity index (χ1n) is 4.20. The zero-order chi connectivity index (χ0) is 9.84. The molecule has 0 amide bonds. The fraction of sp³-hybridized carbons (Fsp3) is 0.750. The summed E-state index contributed by atoms with van der Waals surface area (Å²) < 4.78 is 4.83. The van der Waals surface area contributed by atoms with Crippen LogP contribution in [0.15, 0.2) is 0 Å². The maximum atomic E-state index is 11.2. The summed E-state index contributed by atoms with van der Waals surface area (Å²) in [5, 5.41) is 2.67. The Labute approximate surface area is 81.4 Å². The third-order valence-electron chi connectivity index (χ3n) is 1.72. The molecular weight excluding hydrogens is 190 g/mol. The molecule has 1 saturated heterocycles. The Hall–Kier alpha value is -0.550. The molecule has 4 nitrogen and oxygen atoms in total. The molecule has 13 heavy (non-hydrogen) atoms. The van der Waals surface area contributed by atoms with E-state index in [4.69, 9.17) is 4.74 Å². The van der Waals surface area contributed by atoms with E-state index >= 15 is 0 Å². The van der Waals surface area contributed by atoms with Gasteiger partial charge >= 0.3 is 5.97 Å². The van der Waals surface area contributed by atoms with E-state index in [1.54, 1.807) is 6.92 Å². The molecule has 2 unspecified atom stereocenters. The average molecular weight is 203 g/mol. The number of hydrogen-bond acceptors (Lipinski definition) is 5. The van der Waals surface area contributed by atoms with E-state index in [0.717, 1.165) is 0 Å². The number of rotatable bonds is 3. The van der Waals surface area contributed by atoms with Crippen molar-refractivity contribution in [1.82, 2.24) is 5.32 Å². The van der Waals surface area contributed by atoms with E-state index in [1.165, 1.54) is 18.7 Å². The SMILES string of the molecule is CCOC(=O)C1CSC(C(C)=O)N1. The van der Waals surface area contributed by atoms with Gasteiger partial charge in [0.1, 0.15) is 11.4 Å².